The molecule has 0 aromatic carbocycles. The molecule has 1 aromatic heterocycles. The Morgan fingerprint density at radius 2 is 2.22 bits per heavy atom. The lowest BCUT2D eigenvalue weighted by Crippen LogP contribution is -2.35. The standard InChI is InChI=1S/C11H19NO4S2/c1-3-16-8-9(2)12-18(14,15)11-5-4-10(17-11)6-7-13/h4-5,9,12-13H,3,6-8H2,1-2H3. The van der Waals surface area contributed by atoms with Gasteiger partial charge in [-0.05, 0) is 26.0 Å². The third kappa shape index (κ3) is 4.66. The zero-order valence-electron chi connectivity index (χ0n) is 10.5. The van der Waals surface area contributed by atoms with E-state index in [1.807, 2.05) is 6.92 Å². The molecule has 104 valence electrons. The highest BCUT2D eigenvalue weighted by atomic mass is 32.2. The number of aliphatic hydroxyl groups is 1. The lowest BCUT2D eigenvalue weighted by Gasteiger charge is -2.12. The molecule has 1 heterocycles. The Morgan fingerprint density at radius 1 is 1.50 bits per heavy atom. The third-order valence-electron chi connectivity index (χ3n) is 2.19. The molecule has 0 aliphatic carbocycles. The molecule has 5 nitrogen and oxygen atoms in total. The summed E-state index contributed by atoms with van der Waals surface area (Å²) in [6, 6.07) is 3.02. The van der Waals surface area contributed by atoms with Gasteiger partial charge in [0.25, 0.3) is 0 Å². The molecule has 18 heavy (non-hydrogen) atoms. The Hall–Kier alpha value is -0.470. The van der Waals surface area contributed by atoms with Gasteiger partial charge in [0, 0.05) is 30.6 Å². The van der Waals surface area contributed by atoms with Crippen molar-refractivity contribution in [2.45, 2.75) is 30.5 Å². The van der Waals surface area contributed by atoms with Crippen molar-refractivity contribution in [1.29, 1.82) is 0 Å². The first-order chi connectivity index (χ1) is 8.49. The van der Waals surface area contributed by atoms with E-state index in [1.165, 1.54) is 11.3 Å². The fraction of sp³-hybridized carbons (Fsp3) is 0.636. The van der Waals surface area contributed by atoms with Gasteiger partial charge < -0.3 is 9.84 Å². The zero-order valence-corrected chi connectivity index (χ0v) is 12.2. The van der Waals surface area contributed by atoms with Crippen molar-refractivity contribution >= 4 is 21.4 Å². The van der Waals surface area contributed by atoms with Crippen molar-refractivity contribution in [3.8, 4) is 0 Å². The number of sulfonamides is 1. The minimum absolute atomic E-state index is 0.0220. The van der Waals surface area contributed by atoms with E-state index in [1.54, 1.807) is 19.1 Å². The zero-order chi connectivity index (χ0) is 13.6. The van der Waals surface area contributed by atoms with Crippen molar-refractivity contribution in [2.24, 2.45) is 0 Å². The van der Waals surface area contributed by atoms with Gasteiger partial charge in [0.05, 0.1) is 6.61 Å². The molecule has 0 aliphatic rings. The van der Waals surface area contributed by atoms with E-state index in [-0.39, 0.29) is 16.9 Å². The van der Waals surface area contributed by atoms with Crippen LogP contribution in [0.3, 0.4) is 0 Å². The molecule has 0 radical (unpaired) electrons. The Morgan fingerprint density at radius 3 is 2.83 bits per heavy atom. The molecule has 2 N–H and O–H groups in total. The van der Waals surface area contributed by atoms with Crippen LogP contribution < -0.4 is 4.72 Å². The van der Waals surface area contributed by atoms with Crippen LogP contribution in [0.15, 0.2) is 16.3 Å². The molecular weight excluding hydrogens is 274 g/mol. The molecule has 1 aromatic rings. The molecule has 0 aliphatic heterocycles. The van der Waals surface area contributed by atoms with Gasteiger partial charge in [-0.2, -0.15) is 0 Å². The van der Waals surface area contributed by atoms with Crippen LogP contribution in [0, 0.1) is 0 Å². The SMILES string of the molecule is CCOCC(C)NS(=O)(=O)c1ccc(CCO)s1. The Balaban J connectivity index is 2.67. The van der Waals surface area contributed by atoms with Gasteiger partial charge in [0.2, 0.25) is 10.0 Å². The number of hydrogen-bond donors (Lipinski definition) is 2. The number of aliphatic hydroxyl groups excluding tert-OH is 1. The predicted octanol–water partition coefficient (Wildman–Crippen LogP) is 0.986. The van der Waals surface area contributed by atoms with E-state index in [0.29, 0.717) is 19.6 Å². The molecule has 1 rings (SSSR count). The number of ether oxygens (including phenoxy) is 1. The third-order valence-corrected chi connectivity index (χ3v) is 5.41. The number of rotatable bonds is 8. The second-order valence-electron chi connectivity index (χ2n) is 3.88. The maximum absolute atomic E-state index is 12.0. The summed E-state index contributed by atoms with van der Waals surface area (Å²) in [6.07, 6.45) is 0.481. The quantitative estimate of drug-likeness (QED) is 0.749. The van der Waals surface area contributed by atoms with Gasteiger partial charge in [0.1, 0.15) is 4.21 Å². The van der Waals surface area contributed by atoms with Crippen molar-refractivity contribution in [1.82, 2.24) is 4.72 Å². The molecule has 0 bridgehead atoms. The maximum Gasteiger partial charge on any atom is 0.250 e. The fourth-order valence-corrected chi connectivity index (χ4v) is 3.99. The van der Waals surface area contributed by atoms with Gasteiger partial charge in [-0.25, -0.2) is 13.1 Å². The average Bonchev–Trinajstić information content (AvgIpc) is 2.75. The van der Waals surface area contributed by atoms with E-state index in [4.69, 9.17) is 9.84 Å². The smallest absolute Gasteiger partial charge is 0.250 e. The molecule has 1 unspecified atom stereocenters. The summed E-state index contributed by atoms with van der Waals surface area (Å²) in [5.74, 6) is 0. The minimum Gasteiger partial charge on any atom is -0.396 e. The van der Waals surface area contributed by atoms with Crippen LogP contribution in [0.4, 0.5) is 0 Å². The van der Waals surface area contributed by atoms with E-state index in [0.717, 1.165) is 4.88 Å². The van der Waals surface area contributed by atoms with E-state index in [9.17, 15) is 8.42 Å². The van der Waals surface area contributed by atoms with Crippen molar-refractivity contribution in [2.75, 3.05) is 19.8 Å². The summed E-state index contributed by atoms with van der Waals surface area (Å²) in [7, 11) is -3.48. The van der Waals surface area contributed by atoms with Crippen LogP contribution in [-0.4, -0.2) is 39.4 Å². The Bertz CT molecular complexity index is 455. The summed E-state index contributed by atoms with van der Waals surface area (Å²) < 4.78 is 32.0. The first-order valence-corrected chi connectivity index (χ1v) is 8.09. The molecule has 7 heteroatoms. The first-order valence-electron chi connectivity index (χ1n) is 5.79. The molecule has 0 saturated heterocycles. The summed E-state index contributed by atoms with van der Waals surface area (Å²) in [4.78, 5) is 0.857. The molecule has 0 amide bonds. The second-order valence-corrected chi connectivity index (χ2v) is 6.99. The van der Waals surface area contributed by atoms with Crippen molar-refractivity contribution < 1.29 is 18.3 Å². The van der Waals surface area contributed by atoms with Crippen LogP contribution in [0.25, 0.3) is 0 Å². The van der Waals surface area contributed by atoms with Gasteiger partial charge in [-0.1, -0.05) is 0 Å². The largest absolute Gasteiger partial charge is 0.396 e. The molecular formula is C11H19NO4S2. The lowest BCUT2D eigenvalue weighted by molar-refractivity contribution is 0.133. The number of nitrogens with one attached hydrogen (secondary N) is 1. The van der Waals surface area contributed by atoms with E-state index < -0.39 is 10.0 Å². The second kappa shape index (κ2) is 7.20. The molecule has 0 saturated carbocycles. The summed E-state index contributed by atoms with van der Waals surface area (Å²) in [6.45, 7) is 4.56. The maximum atomic E-state index is 12.0. The van der Waals surface area contributed by atoms with Crippen LogP contribution in [0.1, 0.15) is 18.7 Å². The van der Waals surface area contributed by atoms with Crippen LogP contribution in [0.5, 0.6) is 0 Å². The summed E-state index contributed by atoms with van der Waals surface area (Å²) in [5.41, 5.74) is 0. The van der Waals surface area contributed by atoms with Crippen LogP contribution >= 0.6 is 11.3 Å². The monoisotopic (exact) mass is 293 g/mol. The van der Waals surface area contributed by atoms with Crippen LogP contribution in [0.2, 0.25) is 0 Å². The van der Waals surface area contributed by atoms with E-state index >= 15 is 0 Å². The van der Waals surface area contributed by atoms with Gasteiger partial charge >= 0.3 is 0 Å². The van der Waals surface area contributed by atoms with E-state index in [2.05, 4.69) is 4.72 Å². The Kier molecular flexibility index (Phi) is 6.24. The Labute approximate surface area is 112 Å². The number of thiophene rings is 1. The highest BCUT2D eigenvalue weighted by Crippen LogP contribution is 2.21. The van der Waals surface area contributed by atoms with Gasteiger partial charge in [0.15, 0.2) is 0 Å². The van der Waals surface area contributed by atoms with Gasteiger partial charge in [-0.3, -0.25) is 0 Å². The summed E-state index contributed by atoms with van der Waals surface area (Å²) in [5, 5.41) is 8.80. The normalized spacial score (nSPS) is 13.7. The molecule has 0 spiro atoms. The first kappa shape index (κ1) is 15.6. The highest BCUT2D eigenvalue weighted by molar-refractivity contribution is 7.91. The van der Waals surface area contributed by atoms with Gasteiger partial charge in [-0.15, -0.1) is 11.3 Å². The lowest BCUT2D eigenvalue weighted by atomic mass is 10.4. The van der Waals surface area contributed by atoms with Crippen molar-refractivity contribution in [3.05, 3.63) is 17.0 Å². The number of hydrogen-bond acceptors (Lipinski definition) is 5. The van der Waals surface area contributed by atoms with Crippen molar-refractivity contribution in [3.63, 3.8) is 0 Å². The molecule has 1 atom stereocenters. The molecule has 0 fully saturated rings. The average molecular weight is 293 g/mol. The fourth-order valence-electron chi connectivity index (χ4n) is 1.40. The minimum atomic E-state index is -3.48. The topological polar surface area (TPSA) is 75.6 Å². The highest BCUT2D eigenvalue weighted by Gasteiger charge is 2.19. The van der Waals surface area contributed by atoms with Crippen LogP contribution in [-0.2, 0) is 21.2 Å². The predicted molar refractivity (Wildman–Crippen MR) is 71.4 cm³/mol. The summed E-state index contributed by atoms with van der Waals surface area (Å²) >= 11 is 1.18.